The van der Waals surface area contributed by atoms with E-state index in [-0.39, 0.29) is 23.3 Å². The summed E-state index contributed by atoms with van der Waals surface area (Å²) in [5, 5.41) is 14.1. The first-order valence-electron chi connectivity index (χ1n) is 9.48. The topological polar surface area (TPSA) is 87.8 Å². The van der Waals surface area contributed by atoms with E-state index in [4.69, 9.17) is 0 Å². The monoisotopic (exact) mass is 424 g/mol. The largest absolute Gasteiger partial charge is 0.316 e. The third-order valence-electron chi connectivity index (χ3n) is 4.91. The summed E-state index contributed by atoms with van der Waals surface area (Å²) >= 11 is 2.74. The number of fused-ring (bicyclic) bond motifs is 2. The number of aromatic nitrogens is 2. The maximum absolute atomic E-state index is 12.9. The first-order valence-corrected chi connectivity index (χ1v) is 11.3. The summed E-state index contributed by atoms with van der Waals surface area (Å²) in [6, 6.07) is 9.40. The molecule has 0 aliphatic heterocycles. The number of para-hydroxylation sites is 1. The molecule has 1 aliphatic carbocycles. The van der Waals surface area contributed by atoms with E-state index < -0.39 is 0 Å². The second-order valence-electron chi connectivity index (χ2n) is 7.19. The first-order chi connectivity index (χ1) is 14.0. The zero-order valence-electron chi connectivity index (χ0n) is 16.2. The van der Waals surface area contributed by atoms with Crippen LogP contribution in [0.1, 0.15) is 42.3 Å². The number of hydrogen-bond acceptors (Lipinski definition) is 6. The summed E-state index contributed by atoms with van der Waals surface area (Å²) in [4.78, 5) is 31.2. The van der Waals surface area contributed by atoms with E-state index >= 15 is 0 Å². The molecule has 1 amide bonds. The molecule has 148 valence electrons. The molecule has 0 saturated carbocycles. The molecule has 3 aromatic rings. The van der Waals surface area contributed by atoms with E-state index in [1.54, 1.807) is 16.7 Å². The van der Waals surface area contributed by atoms with Crippen molar-refractivity contribution in [3.05, 3.63) is 50.6 Å². The van der Waals surface area contributed by atoms with Gasteiger partial charge in [-0.3, -0.25) is 14.2 Å². The number of thioether (sulfide) groups is 1. The summed E-state index contributed by atoms with van der Waals surface area (Å²) < 4.78 is 1.63. The maximum atomic E-state index is 12.9. The van der Waals surface area contributed by atoms with Crippen LogP contribution >= 0.6 is 23.1 Å². The van der Waals surface area contributed by atoms with Gasteiger partial charge in [-0.1, -0.05) is 23.9 Å². The smallest absolute Gasteiger partial charge is 0.262 e. The number of rotatable bonds is 5. The summed E-state index contributed by atoms with van der Waals surface area (Å²) in [6.45, 7) is 3.85. The Morgan fingerprint density at radius 2 is 2.17 bits per heavy atom. The Bertz CT molecular complexity index is 1200. The normalized spacial score (nSPS) is 12.9. The van der Waals surface area contributed by atoms with Crippen molar-refractivity contribution in [2.75, 3.05) is 11.1 Å². The molecule has 1 aromatic carbocycles. The first kappa shape index (κ1) is 19.7. The number of thiophene rings is 1. The highest BCUT2D eigenvalue weighted by Gasteiger charge is 2.23. The fraction of sp³-hybridized carbons (Fsp3) is 0.333. The van der Waals surface area contributed by atoms with Crippen LogP contribution in [0.4, 0.5) is 5.00 Å². The molecule has 0 saturated heterocycles. The van der Waals surface area contributed by atoms with Crippen LogP contribution in [-0.2, 0) is 17.6 Å². The zero-order chi connectivity index (χ0) is 20.5. The second-order valence-corrected chi connectivity index (χ2v) is 9.24. The Hall–Kier alpha value is -2.63. The molecule has 0 bridgehead atoms. The van der Waals surface area contributed by atoms with Gasteiger partial charge < -0.3 is 5.32 Å². The molecule has 0 unspecified atom stereocenters. The van der Waals surface area contributed by atoms with Crippen molar-refractivity contribution >= 4 is 44.9 Å². The lowest BCUT2D eigenvalue weighted by molar-refractivity contribution is -0.113. The molecule has 0 fully saturated rings. The van der Waals surface area contributed by atoms with Crippen LogP contribution in [-0.4, -0.2) is 21.2 Å². The molecule has 4 rings (SSSR count). The Morgan fingerprint density at radius 3 is 2.93 bits per heavy atom. The highest BCUT2D eigenvalue weighted by Crippen LogP contribution is 2.38. The van der Waals surface area contributed by atoms with Gasteiger partial charge in [0.2, 0.25) is 5.91 Å². The lowest BCUT2D eigenvalue weighted by Crippen LogP contribution is -2.25. The molecular formula is C21H20N4O2S2. The number of nitriles is 1. The Morgan fingerprint density at radius 1 is 1.38 bits per heavy atom. The van der Waals surface area contributed by atoms with Crippen LogP contribution in [0.15, 0.2) is 34.2 Å². The fourth-order valence-electron chi connectivity index (χ4n) is 3.59. The molecule has 1 aliphatic rings. The van der Waals surface area contributed by atoms with Gasteiger partial charge in [-0.25, -0.2) is 4.98 Å². The molecular weight excluding hydrogens is 404 g/mol. The number of hydrogen-bond donors (Lipinski definition) is 1. The number of nitrogens with zero attached hydrogens (tertiary/aromatic N) is 3. The van der Waals surface area contributed by atoms with Crippen molar-refractivity contribution in [1.29, 1.82) is 5.26 Å². The van der Waals surface area contributed by atoms with Gasteiger partial charge in [-0.05, 0) is 50.8 Å². The van der Waals surface area contributed by atoms with Gasteiger partial charge in [0.1, 0.15) is 11.1 Å². The minimum absolute atomic E-state index is 0.0735. The van der Waals surface area contributed by atoms with Crippen LogP contribution < -0.4 is 10.9 Å². The number of carbonyl (C=O) groups excluding carboxylic acids is 1. The van der Waals surface area contributed by atoms with Gasteiger partial charge in [0.05, 0.1) is 22.2 Å². The van der Waals surface area contributed by atoms with Crippen LogP contribution in [0.25, 0.3) is 10.9 Å². The minimum Gasteiger partial charge on any atom is -0.316 e. The van der Waals surface area contributed by atoms with E-state index in [1.165, 1.54) is 28.0 Å². The van der Waals surface area contributed by atoms with Crippen LogP contribution in [0.2, 0.25) is 0 Å². The SMILES string of the molecule is CC(C)n1c(SCC(=O)Nc2sc3c(c2C#N)CCC3)nc2ccccc2c1=O. The standard InChI is InChI=1S/C21H20N4O2S2/c1-12(2)25-20(27)14-6-3-4-8-16(14)23-21(25)28-11-18(26)24-19-15(10-22)13-7-5-9-17(13)29-19/h3-4,6,8,12H,5,7,9,11H2,1-2H3,(H,24,26). The number of aryl methyl sites for hydroxylation is 1. The van der Waals surface area contributed by atoms with E-state index in [9.17, 15) is 14.9 Å². The van der Waals surface area contributed by atoms with Crippen molar-refractivity contribution < 1.29 is 4.79 Å². The predicted molar refractivity (Wildman–Crippen MR) is 117 cm³/mol. The molecule has 0 spiro atoms. The van der Waals surface area contributed by atoms with E-state index in [0.717, 1.165) is 24.8 Å². The third-order valence-corrected chi connectivity index (χ3v) is 7.07. The molecule has 0 atom stereocenters. The van der Waals surface area contributed by atoms with Crippen molar-refractivity contribution in [3.63, 3.8) is 0 Å². The lowest BCUT2D eigenvalue weighted by Gasteiger charge is -2.16. The van der Waals surface area contributed by atoms with Crippen molar-refractivity contribution in [3.8, 4) is 6.07 Å². The van der Waals surface area contributed by atoms with E-state index in [0.29, 0.717) is 26.6 Å². The summed E-state index contributed by atoms with van der Waals surface area (Å²) in [5.41, 5.74) is 2.21. The number of nitrogens with one attached hydrogen (secondary N) is 1. The molecule has 1 N–H and O–H groups in total. The molecule has 2 heterocycles. The lowest BCUT2D eigenvalue weighted by atomic mass is 10.1. The maximum Gasteiger partial charge on any atom is 0.262 e. The number of benzene rings is 1. The van der Waals surface area contributed by atoms with Crippen LogP contribution in [0, 0.1) is 11.3 Å². The molecule has 0 radical (unpaired) electrons. The second kappa shape index (κ2) is 8.01. The van der Waals surface area contributed by atoms with Gasteiger partial charge in [0.15, 0.2) is 5.16 Å². The van der Waals surface area contributed by atoms with Crippen molar-refractivity contribution in [2.45, 2.75) is 44.3 Å². The Balaban J connectivity index is 1.56. The quantitative estimate of drug-likeness (QED) is 0.491. The Labute approximate surface area is 176 Å². The van der Waals surface area contributed by atoms with Gasteiger partial charge >= 0.3 is 0 Å². The van der Waals surface area contributed by atoms with Gasteiger partial charge in [0, 0.05) is 10.9 Å². The van der Waals surface area contributed by atoms with Crippen LogP contribution in [0.5, 0.6) is 0 Å². The highest BCUT2D eigenvalue weighted by molar-refractivity contribution is 7.99. The van der Waals surface area contributed by atoms with Gasteiger partial charge in [-0.2, -0.15) is 5.26 Å². The predicted octanol–water partition coefficient (Wildman–Crippen LogP) is 4.13. The third kappa shape index (κ3) is 3.68. The minimum atomic E-state index is -0.205. The van der Waals surface area contributed by atoms with Gasteiger partial charge in [-0.15, -0.1) is 11.3 Å². The van der Waals surface area contributed by atoms with Gasteiger partial charge in [0.25, 0.3) is 5.56 Å². The molecule has 2 aromatic heterocycles. The van der Waals surface area contributed by atoms with Crippen molar-refractivity contribution in [1.82, 2.24) is 9.55 Å². The number of carbonyl (C=O) groups is 1. The van der Waals surface area contributed by atoms with E-state index in [1.807, 2.05) is 26.0 Å². The summed E-state index contributed by atoms with van der Waals surface area (Å²) in [7, 11) is 0. The number of amides is 1. The average molecular weight is 425 g/mol. The number of anilines is 1. The molecule has 29 heavy (non-hydrogen) atoms. The van der Waals surface area contributed by atoms with Crippen LogP contribution in [0.3, 0.4) is 0 Å². The zero-order valence-corrected chi connectivity index (χ0v) is 17.8. The molecule has 6 nitrogen and oxygen atoms in total. The Kier molecular flexibility index (Phi) is 5.43. The fourth-order valence-corrected chi connectivity index (χ4v) is 5.77. The average Bonchev–Trinajstić information content (AvgIpc) is 3.26. The summed E-state index contributed by atoms with van der Waals surface area (Å²) in [5.74, 6) is -0.0885. The highest BCUT2D eigenvalue weighted by atomic mass is 32.2. The van der Waals surface area contributed by atoms with Crippen molar-refractivity contribution in [2.24, 2.45) is 0 Å². The summed E-state index contributed by atoms with van der Waals surface area (Å²) in [6.07, 6.45) is 2.95. The molecule has 8 heteroatoms. The van der Waals surface area contributed by atoms with E-state index in [2.05, 4.69) is 16.4 Å².